The van der Waals surface area contributed by atoms with Crippen molar-refractivity contribution in [3.05, 3.63) is 12.2 Å². The van der Waals surface area contributed by atoms with E-state index in [9.17, 15) is 37.0 Å². The summed E-state index contributed by atoms with van der Waals surface area (Å²) in [5.41, 5.74) is 2.81. The number of unbranched alkanes of at least 4 members (excludes halogenated alkanes) is 1. The Morgan fingerprint density at radius 2 is 1.72 bits per heavy atom. The van der Waals surface area contributed by atoms with Crippen LogP contribution in [0.25, 0.3) is 0 Å². The molecule has 6 nitrogen and oxygen atoms in total. The largest absolute Gasteiger partial charge is 0.480 e. The van der Waals surface area contributed by atoms with Crippen LogP contribution >= 0.6 is 0 Å². The summed E-state index contributed by atoms with van der Waals surface area (Å²) < 4.78 is 61.5. The molecule has 0 amide bonds. The normalized spacial score (nSPS) is 19.0. The molecule has 4 unspecified atom stereocenters. The third-order valence-corrected chi connectivity index (χ3v) is 3.71. The Labute approximate surface area is 140 Å². The van der Waals surface area contributed by atoms with Crippen LogP contribution in [0.1, 0.15) is 25.7 Å². The first-order valence-electron chi connectivity index (χ1n) is 7.37. The van der Waals surface area contributed by atoms with E-state index in [4.69, 9.17) is 15.9 Å². The number of rotatable bonds is 11. The highest BCUT2D eigenvalue weighted by atomic mass is 19.4. The Morgan fingerprint density at radius 3 is 2.12 bits per heavy atom. The fourth-order valence-corrected chi connectivity index (χ4v) is 2.00. The van der Waals surface area contributed by atoms with Gasteiger partial charge >= 0.3 is 12.1 Å². The van der Waals surface area contributed by atoms with Crippen LogP contribution in [0.5, 0.6) is 0 Å². The first-order valence-corrected chi connectivity index (χ1v) is 7.37. The Balaban J connectivity index is 4.39. The van der Waals surface area contributed by atoms with Crippen molar-refractivity contribution in [2.75, 3.05) is 6.61 Å². The monoisotopic (exact) mass is 379 g/mol. The lowest BCUT2D eigenvalue weighted by atomic mass is 9.89. The standard InChI is InChI=1S/C14H22F5NO5/c15-11(16)8(14(17,18)19)5-3-1-2-4-6-9(22)10(23)13(20,7-21)12(24)25/h2,4,8-11,21-23H,1,3,5-7,20H2,(H,24,25)/b4-2+. The maximum atomic E-state index is 12.3. The maximum Gasteiger partial charge on any atom is 0.397 e. The van der Waals surface area contributed by atoms with Gasteiger partial charge in [0.25, 0.3) is 0 Å². The third-order valence-electron chi connectivity index (χ3n) is 3.71. The van der Waals surface area contributed by atoms with Crippen LogP contribution in [0.2, 0.25) is 0 Å². The average Bonchev–Trinajstić information content (AvgIpc) is 2.50. The molecule has 0 spiro atoms. The number of halogens is 5. The summed E-state index contributed by atoms with van der Waals surface area (Å²) >= 11 is 0. The zero-order valence-electron chi connectivity index (χ0n) is 13.2. The molecule has 25 heavy (non-hydrogen) atoms. The van der Waals surface area contributed by atoms with Gasteiger partial charge in [0.1, 0.15) is 12.0 Å². The Hall–Kier alpha value is -1.30. The summed E-state index contributed by atoms with van der Waals surface area (Å²) in [4.78, 5) is 10.9. The van der Waals surface area contributed by atoms with Crippen LogP contribution in [0, 0.1) is 5.92 Å². The third kappa shape index (κ3) is 7.22. The quantitative estimate of drug-likeness (QED) is 0.208. The Bertz CT molecular complexity index is 446. The molecule has 0 aromatic rings. The van der Waals surface area contributed by atoms with Gasteiger partial charge in [-0.15, -0.1) is 0 Å². The SMILES string of the molecule is NC(CO)(C(=O)O)C(O)C(O)C/C=C/CCCC(C(F)F)C(F)(F)F. The van der Waals surface area contributed by atoms with E-state index in [1.54, 1.807) is 0 Å². The second-order valence-corrected chi connectivity index (χ2v) is 5.64. The number of carbonyl (C=O) groups is 1. The van der Waals surface area contributed by atoms with Gasteiger partial charge in [0, 0.05) is 0 Å². The minimum atomic E-state index is -4.98. The average molecular weight is 379 g/mol. The fourth-order valence-electron chi connectivity index (χ4n) is 2.00. The molecule has 0 aliphatic carbocycles. The minimum Gasteiger partial charge on any atom is -0.480 e. The molecule has 0 aromatic carbocycles. The van der Waals surface area contributed by atoms with Gasteiger partial charge < -0.3 is 26.2 Å². The van der Waals surface area contributed by atoms with Crippen molar-refractivity contribution >= 4 is 5.97 Å². The number of aliphatic hydroxyl groups excluding tert-OH is 3. The van der Waals surface area contributed by atoms with Crippen LogP contribution in [-0.4, -0.2) is 63.4 Å². The van der Waals surface area contributed by atoms with Crippen molar-refractivity contribution < 1.29 is 47.2 Å². The van der Waals surface area contributed by atoms with Crippen LogP contribution in [0.3, 0.4) is 0 Å². The zero-order valence-corrected chi connectivity index (χ0v) is 13.2. The number of hydrogen-bond donors (Lipinski definition) is 5. The molecule has 6 N–H and O–H groups in total. The molecule has 0 saturated carbocycles. The number of nitrogens with two attached hydrogens (primary N) is 1. The summed E-state index contributed by atoms with van der Waals surface area (Å²) in [7, 11) is 0. The van der Waals surface area contributed by atoms with Crippen LogP contribution < -0.4 is 5.73 Å². The second-order valence-electron chi connectivity index (χ2n) is 5.64. The van der Waals surface area contributed by atoms with Crippen molar-refractivity contribution in [3.8, 4) is 0 Å². The van der Waals surface area contributed by atoms with E-state index in [0.717, 1.165) is 0 Å². The molecule has 0 saturated heterocycles. The molecule has 0 aromatic heterocycles. The van der Waals surface area contributed by atoms with E-state index in [1.807, 2.05) is 0 Å². The fraction of sp³-hybridized carbons (Fsp3) is 0.786. The molecular formula is C14H22F5NO5. The number of carboxylic acids is 1. The second kappa shape index (κ2) is 10.00. The lowest BCUT2D eigenvalue weighted by Gasteiger charge is -2.30. The topological polar surface area (TPSA) is 124 Å². The summed E-state index contributed by atoms with van der Waals surface area (Å²) in [6.07, 6.45) is -10.8. The van der Waals surface area contributed by atoms with Crippen molar-refractivity contribution in [2.45, 2.75) is 56.0 Å². The first-order chi connectivity index (χ1) is 11.4. The molecular weight excluding hydrogens is 357 g/mol. The number of hydrogen-bond acceptors (Lipinski definition) is 5. The highest BCUT2D eigenvalue weighted by Crippen LogP contribution is 2.34. The molecule has 0 rings (SSSR count). The highest BCUT2D eigenvalue weighted by molar-refractivity contribution is 5.79. The Morgan fingerprint density at radius 1 is 1.16 bits per heavy atom. The molecule has 0 aliphatic heterocycles. The van der Waals surface area contributed by atoms with Crippen molar-refractivity contribution in [1.82, 2.24) is 0 Å². The van der Waals surface area contributed by atoms with Crippen molar-refractivity contribution in [2.24, 2.45) is 11.7 Å². The number of carboxylic acid groups (broad SMARTS) is 1. The van der Waals surface area contributed by atoms with E-state index in [1.165, 1.54) is 12.2 Å². The number of allylic oxidation sites excluding steroid dienone is 1. The van der Waals surface area contributed by atoms with Crippen LogP contribution in [-0.2, 0) is 4.79 Å². The van der Waals surface area contributed by atoms with E-state index < -0.39 is 55.3 Å². The molecule has 0 aliphatic rings. The highest BCUT2D eigenvalue weighted by Gasteiger charge is 2.45. The van der Waals surface area contributed by atoms with E-state index in [-0.39, 0.29) is 19.3 Å². The van der Waals surface area contributed by atoms with Crippen molar-refractivity contribution in [3.63, 3.8) is 0 Å². The first kappa shape index (κ1) is 23.7. The molecule has 148 valence electrons. The van der Waals surface area contributed by atoms with Gasteiger partial charge in [-0.05, 0) is 25.7 Å². The molecule has 11 heteroatoms. The van der Waals surface area contributed by atoms with Gasteiger partial charge in [0.15, 0.2) is 5.54 Å². The molecule has 0 heterocycles. The number of alkyl halides is 5. The lowest BCUT2D eigenvalue weighted by Crippen LogP contribution is -2.63. The van der Waals surface area contributed by atoms with E-state index >= 15 is 0 Å². The van der Waals surface area contributed by atoms with Crippen LogP contribution in [0.15, 0.2) is 12.2 Å². The van der Waals surface area contributed by atoms with Gasteiger partial charge in [-0.1, -0.05) is 12.2 Å². The van der Waals surface area contributed by atoms with Crippen LogP contribution in [0.4, 0.5) is 22.0 Å². The van der Waals surface area contributed by atoms with Gasteiger partial charge in [0.2, 0.25) is 6.43 Å². The minimum absolute atomic E-state index is 0.0226. The Kier molecular flexibility index (Phi) is 9.48. The van der Waals surface area contributed by atoms with Crippen molar-refractivity contribution in [1.29, 1.82) is 0 Å². The predicted octanol–water partition coefficient (Wildman–Crippen LogP) is 1.04. The number of aliphatic carboxylic acids is 1. The van der Waals surface area contributed by atoms with Gasteiger partial charge in [-0.2, -0.15) is 13.2 Å². The summed E-state index contributed by atoms with van der Waals surface area (Å²) in [5.74, 6) is -4.43. The zero-order chi connectivity index (χ0) is 19.8. The van der Waals surface area contributed by atoms with Gasteiger partial charge in [-0.3, -0.25) is 4.79 Å². The smallest absolute Gasteiger partial charge is 0.397 e. The predicted molar refractivity (Wildman–Crippen MR) is 76.8 cm³/mol. The number of aliphatic hydroxyl groups is 3. The molecule has 0 fully saturated rings. The van der Waals surface area contributed by atoms with Gasteiger partial charge in [0.05, 0.1) is 12.7 Å². The lowest BCUT2D eigenvalue weighted by molar-refractivity contribution is -0.208. The van der Waals surface area contributed by atoms with E-state index in [0.29, 0.717) is 0 Å². The molecule has 0 bridgehead atoms. The summed E-state index contributed by atoms with van der Waals surface area (Å²) in [6, 6.07) is 0. The summed E-state index contributed by atoms with van der Waals surface area (Å²) in [6.45, 7) is -1.13. The van der Waals surface area contributed by atoms with Gasteiger partial charge in [-0.25, -0.2) is 8.78 Å². The molecule has 4 atom stereocenters. The van der Waals surface area contributed by atoms with E-state index in [2.05, 4.69) is 0 Å². The molecule has 0 radical (unpaired) electrons. The maximum absolute atomic E-state index is 12.3. The summed E-state index contributed by atoms with van der Waals surface area (Å²) in [5, 5.41) is 37.1.